The van der Waals surface area contributed by atoms with Gasteiger partial charge in [0.1, 0.15) is 5.58 Å². The number of para-hydroxylation sites is 2. The maximum absolute atomic E-state index is 13.5. The minimum Gasteiger partial charge on any atom is -0.453 e. The van der Waals surface area contributed by atoms with Crippen LogP contribution in [0.3, 0.4) is 0 Å². The van der Waals surface area contributed by atoms with Crippen LogP contribution in [-0.4, -0.2) is 25.4 Å². The fourth-order valence-electron chi connectivity index (χ4n) is 4.40. The molecule has 0 aliphatic carbocycles. The Bertz CT molecular complexity index is 1760. The minimum absolute atomic E-state index is 0.261. The molecule has 0 aliphatic rings. The standard InChI is InChI=1S/C28H21N5O2/c1-18-14-21(19(2)32(18)22-9-7-13-29-17-22)16-30-33-27(26-15-20-8-3-6-12-25(20)35-26)31-24-11-5-4-10-23(24)28(33)34/h3-17H,1-2H3. The van der Waals surface area contributed by atoms with Gasteiger partial charge in [0, 0.05) is 28.5 Å². The molecule has 0 atom stereocenters. The van der Waals surface area contributed by atoms with Gasteiger partial charge in [-0.3, -0.25) is 9.78 Å². The van der Waals surface area contributed by atoms with E-state index in [0.717, 1.165) is 33.6 Å². The third-order valence-electron chi connectivity index (χ3n) is 6.09. The molecule has 2 aromatic carbocycles. The summed E-state index contributed by atoms with van der Waals surface area (Å²) in [6, 6.07) is 22.8. The lowest BCUT2D eigenvalue weighted by Gasteiger charge is -2.09. The third kappa shape index (κ3) is 3.54. The average molecular weight is 460 g/mol. The van der Waals surface area contributed by atoms with Crippen LogP contribution >= 0.6 is 0 Å². The summed E-state index contributed by atoms with van der Waals surface area (Å²) < 4.78 is 9.47. The highest BCUT2D eigenvalue weighted by molar-refractivity contribution is 5.85. The predicted molar refractivity (Wildman–Crippen MR) is 137 cm³/mol. The summed E-state index contributed by atoms with van der Waals surface area (Å²) in [5, 5.41) is 6.03. The van der Waals surface area contributed by atoms with Crippen LogP contribution in [-0.2, 0) is 0 Å². The van der Waals surface area contributed by atoms with Gasteiger partial charge in [0.05, 0.1) is 29.0 Å². The SMILES string of the molecule is Cc1cc(C=Nn2c(-c3cc4ccccc4o3)nc3ccccc3c2=O)c(C)n1-c1cccnc1. The fraction of sp³-hybridized carbons (Fsp3) is 0.0714. The molecule has 170 valence electrons. The monoisotopic (exact) mass is 459 g/mol. The number of aryl methyl sites for hydroxylation is 1. The highest BCUT2D eigenvalue weighted by atomic mass is 16.3. The van der Waals surface area contributed by atoms with E-state index in [9.17, 15) is 4.79 Å². The molecule has 6 rings (SSSR count). The molecule has 6 aromatic rings. The molecule has 7 heteroatoms. The fourth-order valence-corrected chi connectivity index (χ4v) is 4.40. The van der Waals surface area contributed by atoms with Gasteiger partial charge in [-0.25, -0.2) is 4.98 Å². The van der Waals surface area contributed by atoms with Crippen LogP contribution in [0.1, 0.15) is 17.0 Å². The van der Waals surface area contributed by atoms with E-state index >= 15 is 0 Å². The lowest BCUT2D eigenvalue weighted by molar-refractivity contribution is 0.616. The first-order chi connectivity index (χ1) is 17.1. The molecule has 0 saturated heterocycles. The van der Waals surface area contributed by atoms with Crippen LogP contribution in [0.25, 0.3) is 39.1 Å². The first-order valence-electron chi connectivity index (χ1n) is 11.2. The highest BCUT2D eigenvalue weighted by Gasteiger charge is 2.17. The number of hydrogen-bond acceptors (Lipinski definition) is 5. The van der Waals surface area contributed by atoms with E-state index in [1.54, 1.807) is 18.5 Å². The van der Waals surface area contributed by atoms with Crippen LogP contribution in [0.4, 0.5) is 0 Å². The normalized spacial score (nSPS) is 11.7. The van der Waals surface area contributed by atoms with Crippen molar-refractivity contribution in [3.05, 3.63) is 112 Å². The van der Waals surface area contributed by atoms with Gasteiger partial charge in [-0.2, -0.15) is 9.78 Å². The Labute approximate surface area is 200 Å². The number of furan rings is 1. The number of rotatable bonds is 4. The third-order valence-corrected chi connectivity index (χ3v) is 6.09. The molecule has 0 aliphatic heterocycles. The second-order valence-corrected chi connectivity index (χ2v) is 8.34. The molecule has 0 spiro atoms. The molecule has 0 amide bonds. The first kappa shape index (κ1) is 20.8. The Balaban J connectivity index is 1.53. The molecular weight excluding hydrogens is 438 g/mol. The van der Waals surface area contributed by atoms with Crippen molar-refractivity contribution in [2.45, 2.75) is 13.8 Å². The molecule has 0 N–H and O–H groups in total. The predicted octanol–water partition coefficient (Wildman–Crippen LogP) is 5.49. The number of nitrogens with zero attached hydrogens (tertiary/aromatic N) is 5. The topological polar surface area (TPSA) is 78.2 Å². The van der Waals surface area contributed by atoms with Crippen LogP contribution in [0.15, 0.2) is 99.5 Å². The molecule has 0 saturated carbocycles. The van der Waals surface area contributed by atoms with E-state index in [-0.39, 0.29) is 5.56 Å². The summed E-state index contributed by atoms with van der Waals surface area (Å²) in [4.78, 5) is 22.5. The van der Waals surface area contributed by atoms with Crippen LogP contribution in [0.5, 0.6) is 0 Å². The Kier molecular flexibility index (Phi) is 4.88. The van der Waals surface area contributed by atoms with Crippen molar-refractivity contribution in [1.29, 1.82) is 0 Å². The molecule has 0 unspecified atom stereocenters. The molecular formula is C28H21N5O2. The lowest BCUT2D eigenvalue weighted by atomic mass is 10.2. The number of benzene rings is 2. The lowest BCUT2D eigenvalue weighted by Crippen LogP contribution is -2.20. The number of pyridine rings is 1. The van der Waals surface area contributed by atoms with Crippen molar-refractivity contribution in [1.82, 2.24) is 19.2 Å². The molecule has 4 aromatic heterocycles. The van der Waals surface area contributed by atoms with E-state index in [4.69, 9.17) is 9.40 Å². The highest BCUT2D eigenvalue weighted by Crippen LogP contribution is 2.27. The van der Waals surface area contributed by atoms with Crippen molar-refractivity contribution in [2.24, 2.45) is 5.10 Å². The zero-order valence-corrected chi connectivity index (χ0v) is 19.2. The molecule has 4 heterocycles. The Morgan fingerprint density at radius 3 is 2.63 bits per heavy atom. The average Bonchev–Trinajstić information content (AvgIpc) is 3.44. The number of fused-ring (bicyclic) bond motifs is 2. The van der Waals surface area contributed by atoms with E-state index < -0.39 is 0 Å². The molecule has 0 fully saturated rings. The zero-order valence-electron chi connectivity index (χ0n) is 19.2. The summed E-state index contributed by atoms with van der Waals surface area (Å²) in [6.45, 7) is 4.05. The second-order valence-electron chi connectivity index (χ2n) is 8.34. The van der Waals surface area contributed by atoms with Crippen LogP contribution < -0.4 is 5.56 Å². The van der Waals surface area contributed by atoms with Gasteiger partial charge in [0.25, 0.3) is 5.56 Å². The Morgan fingerprint density at radius 1 is 0.971 bits per heavy atom. The van der Waals surface area contributed by atoms with Crippen molar-refractivity contribution in [3.63, 3.8) is 0 Å². The van der Waals surface area contributed by atoms with Crippen LogP contribution in [0, 0.1) is 13.8 Å². The smallest absolute Gasteiger partial charge is 0.282 e. The number of aromatic nitrogens is 4. The summed E-state index contributed by atoms with van der Waals surface area (Å²) in [6.07, 6.45) is 5.26. The summed E-state index contributed by atoms with van der Waals surface area (Å²) in [7, 11) is 0. The first-order valence-corrected chi connectivity index (χ1v) is 11.2. The van der Waals surface area contributed by atoms with E-state index in [1.807, 2.05) is 86.8 Å². The summed E-state index contributed by atoms with van der Waals surface area (Å²) >= 11 is 0. The quantitative estimate of drug-likeness (QED) is 0.326. The van der Waals surface area contributed by atoms with Gasteiger partial charge in [0.2, 0.25) is 5.82 Å². The maximum atomic E-state index is 13.5. The minimum atomic E-state index is -0.261. The maximum Gasteiger partial charge on any atom is 0.282 e. The molecule has 0 bridgehead atoms. The Hall–Kier alpha value is -4.78. The Morgan fingerprint density at radius 2 is 1.80 bits per heavy atom. The number of hydrogen-bond donors (Lipinski definition) is 0. The van der Waals surface area contributed by atoms with Crippen LogP contribution in [0.2, 0.25) is 0 Å². The molecule has 7 nitrogen and oxygen atoms in total. The van der Waals surface area contributed by atoms with Crippen molar-refractivity contribution in [2.75, 3.05) is 0 Å². The van der Waals surface area contributed by atoms with Gasteiger partial charge in [-0.1, -0.05) is 30.3 Å². The molecule has 35 heavy (non-hydrogen) atoms. The van der Waals surface area contributed by atoms with E-state index in [1.165, 1.54) is 4.68 Å². The summed E-state index contributed by atoms with van der Waals surface area (Å²) in [5.74, 6) is 0.828. The van der Waals surface area contributed by atoms with Crippen molar-refractivity contribution < 1.29 is 4.42 Å². The largest absolute Gasteiger partial charge is 0.453 e. The van der Waals surface area contributed by atoms with Crippen molar-refractivity contribution in [3.8, 4) is 17.3 Å². The van der Waals surface area contributed by atoms with Gasteiger partial charge in [-0.05, 0) is 56.3 Å². The van der Waals surface area contributed by atoms with E-state index in [0.29, 0.717) is 22.5 Å². The summed E-state index contributed by atoms with van der Waals surface area (Å²) in [5.41, 5.74) is 4.94. The van der Waals surface area contributed by atoms with Crippen molar-refractivity contribution >= 4 is 28.1 Å². The molecule has 0 radical (unpaired) electrons. The van der Waals surface area contributed by atoms with E-state index in [2.05, 4.69) is 14.7 Å². The van der Waals surface area contributed by atoms with Gasteiger partial charge in [0.15, 0.2) is 5.76 Å². The van der Waals surface area contributed by atoms with Gasteiger partial charge >= 0.3 is 0 Å². The zero-order chi connectivity index (χ0) is 23.9. The van der Waals surface area contributed by atoms with Gasteiger partial charge < -0.3 is 8.98 Å². The second kappa shape index (κ2) is 8.22. The van der Waals surface area contributed by atoms with Gasteiger partial charge in [-0.15, -0.1) is 0 Å².